The second-order valence-corrected chi connectivity index (χ2v) is 5.01. The number of nitrogens with one attached hydrogen (secondary N) is 1. The average molecular weight is 228 g/mol. The number of rotatable bonds is 6. The summed E-state index contributed by atoms with van der Waals surface area (Å²) in [5.74, 6) is 0. The largest absolute Gasteiger partial charge is 0.377 e. The molecule has 0 aromatic carbocycles. The van der Waals surface area contributed by atoms with E-state index in [-0.39, 0.29) is 0 Å². The SMILES string of the molecule is CCCC1CN(CCOC(C)C)CCCN1. The lowest BCUT2D eigenvalue weighted by Crippen LogP contribution is -2.39. The van der Waals surface area contributed by atoms with E-state index in [0.717, 1.165) is 13.2 Å². The molecule has 0 amide bonds. The smallest absolute Gasteiger partial charge is 0.0596 e. The van der Waals surface area contributed by atoms with E-state index in [4.69, 9.17) is 4.74 Å². The molecule has 1 saturated heterocycles. The molecule has 3 heteroatoms. The summed E-state index contributed by atoms with van der Waals surface area (Å²) in [5, 5.41) is 3.63. The Bertz CT molecular complexity index is 173. The highest BCUT2D eigenvalue weighted by molar-refractivity contribution is 4.76. The second kappa shape index (κ2) is 8.04. The van der Waals surface area contributed by atoms with Crippen LogP contribution in [0.15, 0.2) is 0 Å². The Balaban J connectivity index is 2.22. The van der Waals surface area contributed by atoms with Crippen LogP contribution in [0.4, 0.5) is 0 Å². The van der Waals surface area contributed by atoms with Crippen molar-refractivity contribution in [1.82, 2.24) is 10.2 Å². The van der Waals surface area contributed by atoms with Gasteiger partial charge in [-0.15, -0.1) is 0 Å². The summed E-state index contributed by atoms with van der Waals surface area (Å²) in [5.41, 5.74) is 0. The molecule has 1 aliphatic heterocycles. The monoisotopic (exact) mass is 228 g/mol. The molecular weight excluding hydrogens is 200 g/mol. The summed E-state index contributed by atoms with van der Waals surface area (Å²) in [6, 6.07) is 0.687. The van der Waals surface area contributed by atoms with Gasteiger partial charge in [0.2, 0.25) is 0 Å². The van der Waals surface area contributed by atoms with Crippen LogP contribution in [0.1, 0.15) is 40.0 Å². The molecule has 1 aliphatic rings. The first-order valence-corrected chi connectivity index (χ1v) is 6.79. The molecular formula is C13H28N2O. The summed E-state index contributed by atoms with van der Waals surface area (Å²) in [6.07, 6.45) is 4.19. The molecule has 1 heterocycles. The molecule has 0 bridgehead atoms. The zero-order chi connectivity index (χ0) is 11.8. The van der Waals surface area contributed by atoms with Gasteiger partial charge in [0, 0.05) is 19.1 Å². The summed E-state index contributed by atoms with van der Waals surface area (Å²) in [6.45, 7) is 12.0. The van der Waals surface area contributed by atoms with Gasteiger partial charge in [-0.1, -0.05) is 13.3 Å². The predicted molar refractivity (Wildman–Crippen MR) is 68.8 cm³/mol. The van der Waals surface area contributed by atoms with Crippen LogP contribution in [-0.2, 0) is 4.74 Å². The van der Waals surface area contributed by atoms with Gasteiger partial charge in [0.25, 0.3) is 0 Å². The molecule has 1 atom stereocenters. The van der Waals surface area contributed by atoms with Gasteiger partial charge in [0.1, 0.15) is 0 Å². The minimum absolute atomic E-state index is 0.358. The van der Waals surface area contributed by atoms with Gasteiger partial charge >= 0.3 is 0 Å². The third-order valence-electron chi connectivity index (χ3n) is 3.06. The van der Waals surface area contributed by atoms with Gasteiger partial charge in [0.05, 0.1) is 12.7 Å². The Kier molecular flexibility index (Phi) is 7.01. The lowest BCUT2D eigenvalue weighted by molar-refractivity contribution is 0.0585. The first-order valence-electron chi connectivity index (χ1n) is 6.79. The van der Waals surface area contributed by atoms with E-state index in [0.29, 0.717) is 12.1 Å². The van der Waals surface area contributed by atoms with Crippen molar-refractivity contribution in [3.8, 4) is 0 Å². The third kappa shape index (κ3) is 5.83. The summed E-state index contributed by atoms with van der Waals surface area (Å²) in [4.78, 5) is 2.54. The van der Waals surface area contributed by atoms with Crippen LogP contribution in [0.2, 0.25) is 0 Å². The molecule has 0 radical (unpaired) electrons. The molecule has 1 rings (SSSR count). The fourth-order valence-corrected chi connectivity index (χ4v) is 2.24. The van der Waals surface area contributed by atoms with Gasteiger partial charge < -0.3 is 10.1 Å². The Morgan fingerprint density at radius 1 is 1.44 bits per heavy atom. The van der Waals surface area contributed by atoms with Gasteiger partial charge in [-0.2, -0.15) is 0 Å². The van der Waals surface area contributed by atoms with Crippen LogP contribution in [0, 0.1) is 0 Å². The lowest BCUT2D eigenvalue weighted by Gasteiger charge is -2.24. The van der Waals surface area contributed by atoms with E-state index in [2.05, 4.69) is 31.0 Å². The van der Waals surface area contributed by atoms with E-state index in [1.807, 2.05) is 0 Å². The van der Waals surface area contributed by atoms with E-state index < -0.39 is 0 Å². The molecule has 1 N–H and O–H groups in total. The van der Waals surface area contributed by atoms with Crippen molar-refractivity contribution >= 4 is 0 Å². The van der Waals surface area contributed by atoms with Crippen LogP contribution in [0.5, 0.6) is 0 Å². The maximum Gasteiger partial charge on any atom is 0.0596 e. The van der Waals surface area contributed by atoms with E-state index in [1.165, 1.54) is 38.9 Å². The second-order valence-electron chi connectivity index (χ2n) is 5.01. The summed E-state index contributed by atoms with van der Waals surface area (Å²) in [7, 11) is 0. The molecule has 0 aromatic rings. The first kappa shape index (κ1) is 13.9. The van der Waals surface area contributed by atoms with Crippen molar-refractivity contribution in [1.29, 1.82) is 0 Å². The molecule has 0 saturated carbocycles. The predicted octanol–water partition coefficient (Wildman–Crippen LogP) is 1.88. The minimum Gasteiger partial charge on any atom is -0.377 e. The standard InChI is InChI=1S/C13H28N2O/c1-4-6-13-11-15(8-5-7-14-13)9-10-16-12(2)3/h12-14H,4-11H2,1-3H3. The number of nitrogens with zero attached hydrogens (tertiary/aromatic N) is 1. The van der Waals surface area contributed by atoms with Crippen LogP contribution < -0.4 is 5.32 Å². The third-order valence-corrected chi connectivity index (χ3v) is 3.06. The summed E-state index contributed by atoms with van der Waals surface area (Å²) < 4.78 is 5.62. The highest BCUT2D eigenvalue weighted by atomic mass is 16.5. The molecule has 1 unspecified atom stereocenters. The fraction of sp³-hybridized carbons (Fsp3) is 1.00. The summed E-state index contributed by atoms with van der Waals surface area (Å²) >= 11 is 0. The van der Waals surface area contributed by atoms with E-state index in [1.54, 1.807) is 0 Å². The highest BCUT2D eigenvalue weighted by Crippen LogP contribution is 2.05. The van der Waals surface area contributed by atoms with E-state index in [9.17, 15) is 0 Å². The molecule has 1 fully saturated rings. The molecule has 0 spiro atoms. The van der Waals surface area contributed by atoms with Crippen molar-refractivity contribution < 1.29 is 4.74 Å². The number of hydrogen-bond donors (Lipinski definition) is 1. The quantitative estimate of drug-likeness (QED) is 0.751. The Morgan fingerprint density at radius 2 is 2.25 bits per heavy atom. The maximum absolute atomic E-state index is 5.62. The van der Waals surface area contributed by atoms with Gasteiger partial charge in [-0.25, -0.2) is 0 Å². The van der Waals surface area contributed by atoms with Crippen LogP contribution in [0.25, 0.3) is 0 Å². The lowest BCUT2D eigenvalue weighted by atomic mass is 10.1. The molecule has 0 aromatic heterocycles. The molecule has 16 heavy (non-hydrogen) atoms. The van der Waals surface area contributed by atoms with Gasteiger partial charge in [-0.05, 0) is 39.8 Å². The Hall–Kier alpha value is -0.120. The molecule has 3 nitrogen and oxygen atoms in total. The zero-order valence-corrected chi connectivity index (χ0v) is 11.2. The number of hydrogen-bond acceptors (Lipinski definition) is 3. The van der Waals surface area contributed by atoms with Crippen molar-refractivity contribution in [2.45, 2.75) is 52.2 Å². The van der Waals surface area contributed by atoms with Crippen molar-refractivity contribution in [2.75, 3.05) is 32.8 Å². The van der Waals surface area contributed by atoms with Crippen molar-refractivity contribution in [3.05, 3.63) is 0 Å². The first-order chi connectivity index (χ1) is 7.72. The van der Waals surface area contributed by atoms with Crippen LogP contribution >= 0.6 is 0 Å². The van der Waals surface area contributed by atoms with Gasteiger partial charge in [-0.3, -0.25) is 4.90 Å². The highest BCUT2D eigenvalue weighted by Gasteiger charge is 2.16. The molecule has 0 aliphatic carbocycles. The van der Waals surface area contributed by atoms with Crippen molar-refractivity contribution in [3.63, 3.8) is 0 Å². The topological polar surface area (TPSA) is 24.5 Å². The zero-order valence-electron chi connectivity index (χ0n) is 11.2. The average Bonchev–Trinajstić information content (AvgIpc) is 2.44. The maximum atomic E-state index is 5.62. The van der Waals surface area contributed by atoms with Gasteiger partial charge in [0.15, 0.2) is 0 Å². The van der Waals surface area contributed by atoms with Crippen LogP contribution in [0.3, 0.4) is 0 Å². The number of ether oxygens (including phenoxy) is 1. The van der Waals surface area contributed by atoms with E-state index >= 15 is 0 Å². The van der Waals surface area contributed by atoms with Crippen LogP contribution in [-0.4, -0.2) is 49.8 Å². The van der Waals surface area contributed by atoms with Crippen molar-refractivity contribution in [2.24, 2.45) is 0 Å². The minimum atomic E-state index is 0.358. The fourth-order valence-electron chi connectivity index (χ4n) is 2.24. The Labute approximate surface area is 101 Å². The Morgan fingerprint density at radius 3 is 2.94 bits per heavy atom. The normalized spacial score (nSPS) is 23.6. The molecule has 96 valence electrons.